The van der Waals surface area contributed by atoms with Crippen molar-refractivity contribution in [2.75, 3.05) is 0 Å². The molecule has 0 spiro atoms. The molecule has 0 saturated heterocycles. The van der Waals surface area contributed by atoms with Gasteiger partial charge >= 0.3 is 0 Å². The number of allylic oxidation sites excluding steroid dienone is 4. The Morgan fingerprint density at radius 3 is 2.83 bits per heavy atom. The molecule has 0 amide bonds. The van der Waals surface area contributed by atoms with Crippen molar-refractivity contribution < 1.29 is 0 Å². The van der Waals surface area contributed by atoms with Gasteiger partial charge in [-0.05, 0) is 30.5 Å². The van der Waals surface area contributed by atoms with Gasteiger partial charge in [0.05, 0.1) is 5.69 Å². The lowest BCUT2D eigenvalue weighted by atomic mass is 10.0. The minimum atomic E-state index is 1.08. The Morgan fingerprint density at radius 1 is 1.17 bits per heavy atom. The van der Waals surface area contributed by atoms with E-state index in [1.807, 2.05) is 24.4 Å². The van der Waals surface area contributed by atoms with Crippen molar-refractivity contribution in [2.24, 2.45) is 0 Å². The largest absolute Gasteiger partial charge is 0.256 e. The summed E-state index contributed by atoms with van der Waals surface area (Å²) in [6.07, 6.45) is 10.7. The topological polar surface area (TPSA) is 12.9 Å². The van der Waals surface area contributed by atoms with Gasteiger partial charge in [-0.25, -0.2) is 0 Å². The van der Waals surface area contributed by atoms with Crippen molar-refractivity contribution in [3.05, 3.63) is 48.3 Å². The van der Waals surface area contributed by atoms with E-state index in [4.69, 9.17) is 0 Å². The highest BCUT2D eigenvalue weighted by Crippen LogP contribution is 2.18. The van der Waals surface area contributed by atoms with Crippen LogP contribution in [-0.4, -0.2) is 4.98 Å². The molecule has 1 aliphatic carbocycles. The van der Waals surface area contributed by atoms with Gasteiger partial charge in [0.25, 0.3) is 0 Å². The molecule has 1 aromatic rings. The zero-order valence-electron chi connectivity index (χ0n) is 6.90. The molecule has 0 bridgehead atoms. The van der Waals surface area contributed by atoms with Crippen LogP contribution in [0.1, 0.15) is 18.5 Å². The van der Waals surface area contributed by atoms with E-state index in [-0.39, 0.29) is 0 Å². The van der Waals surface area contributed by atoms with Crippen LogP contribution in [0, 0.1) is 0 Å². The van der Waals surface area contributed by atoms with Crippen molar-refractivity contribution in [1.82, 2.24) is 4.98 Å². The maximum absolute atomic E-state index is 4.28. The molecule has 0 aromatic carbocycles. The maximum atomic E-state index is 4.28. The van der Waals surface area contributed by atoms with Gasteiger partial charge in [-0.15, -0.1) is 0 Å². The van der Waals surface area contributed by atoms with Crippen LogP contribution in [0.25, 0.3) is 5.57 Å². The first kappa shape index (κ1) is 7.29. The molecule has 0 radical (unpaired) electrons. The first-order chi connectivity index (χ1) is 5.97. The summed E-state index contributed by atoms with van der Waals surface area (Å²) < 4.78 is 0. The zero-order chi connectivity index (χ0) is 8.23. The lowest BCUT2D eigenvalue weighted by molar-refractivity contribution is 1.04. The van der Waals surface area contributed by atoms with Gasteiger partial charge in [-0.3, -0.25) is 4.98 Å². The van der Waals surface area contributed by atoms with E-state index in [9.17, 15) is 0 Å². The van der Waals surface area contributed by atoms with E-state index < -0.39 is 0 Å². The smallest absolute Gasteiger partial charge is 0.0698 e. The minimum absolute atomic E-state index is 1.08. The molecular weight excluding hydrogens is 146 g/mol. The predicted molar refractivity (Wildman–Crippen MR) is 50.6 cm³/mol. The predicted octanol–water partition coefficient (Wildman–Crippen LogP) is 2.82. The van der Waals surface area contributed by atoms with E-state index in [0.29, 0.717) is 0 Å². The SMILES string of the molecule is C1=CC(c2ccccn2)=CCC1. The summed E-state index contributed by atoms with van der Waals surface area (Å²) in [5, 5.41) is 0. The molecule has 1 aliphatic rings. The average molecular weight is 157 g/mol. The van der Waals surface area contributed by atoms with E-state index >= 15 is 0 Å². The summed E-state index contributed by atoms with van der Waals surface area (Å²) in [4.78, 5) is 4.28. The first-order valence-corrected chi connectivity index (χ1v) is 4.25. The van der Waals surface area contributed by atoms with Gasteiger partial charge in [0.1, 0.15) is 0 Å². The van der Waals surface area contributed by atoms with Gasteiger partial charge < -0.3 is 0 Å². The number of hydrogen-bond donors (Lipinski definition) is 0. The molecule has 1 heteroatoms. The fourth-order valence-corrected chi connectivity index (χ4v) is 1.34. The van der Waals surface area contributed by atoms with E-state index in [1.165, 1.54) is 5.57 Å². The summed E-state index contributed by atoms with van der Waals surface area (Å²) in [7, 11) is 0. The Hall–Kier alpha value is -1.37. The Morgan fingerprint density at radius 2 is 2.17 bits per heavy atom. The van der Waals surface area contributed by atoms with Crippen LogP contribution >= 0.6 is 0 Å². The van der Waals surface area contributed by atoms with Crippen LogP contribution in [0.5, 0.6) is 0 Å². The number of hydrogen-bond acceptors (Lipinski definition) is 1. The van der Waals surface area contributed by atoms with E-state index in [1.54, 1.807) is 0 Å². The van der Waals surface area contributed by atoms with Crippen LogP contribution in [0.2, 0.25) is 0 Å². The molecule has 1 heterocycles. The van der Waals surface area contributed by atoms with Crippen molar-refractivity contribution in [2.45, 2.75) is 12.8 Å². The Labute approximate surface area is 72.5 Å². The second kappa shape index (κ2) is 3.35. The molecule has 60 valence electrons. The minimum Gasteiger partial charge on any atom is -0.256 e. The van der Waals surface area contributed by atoms with Crippen LogP contribution in [0.3, 0.4) is 0 Å². The van der Waals surface area contributed by atoms with Gasteiger partial charge in [-0.1, -0.05) is 24.3 Å². The molecule has 0 N–H and O–H groups in total. The van der Waals surface area contributed by atoms with Crippen molar-refractivity contribution in [3.63, 3.8) is 0 Å². The third kappa shape index (κ3) is 1.45. The number of rotatable bonds is 1. The van der Waals surface area contributed by atoms with E-state index in [0.717, 1.165) is 18.5 Å². The second-order valence-corrected chi connectivity index (χ2v) is 2.85. The summed E-state index contributed by atoms with van der Waals surface area (Å²) >= 11 is 0. The lowest BCUT2D eigenvalue weighted by Gasteiger charge is -2.04. The van der Waals surface area contributed by atoms with Crippen molar-refractivity contribution in [1.29, 1.82) is 0 Å². The Bertz CT molecular complexity index is 309. The molecule has 2 rings (SSSR count). The Kier molecular flexibility index (Phi) is 2.04. The molecule has 1 aromatic heterocycles. The fourth-order valence-electron chi connectivity index (χ4n) is 1.34. The highest BCUT2D eigenvalue weighted by molar-refractivity contribution is 5.72. The fraction of sp³-hybridized carbons (Fsp3) is 0.182. The molecule has 0 aliphatic heterocycles. The summed E-state index contributed by atoms with van der Waals surface area (Å²) in [6, 6.07) is 6.00. The third-order valence-corrected chi connectivity index (χ3v) is 1.96. The highest BCUT2D eigenvalue weighted by atomic mass is 14.7. The van der Waals surface area contributed by atoms with Crippen LogP contribution in [-0.2, 0) is 0 Å². The quantitative estimate of drug-likeness (QED) is 0.610. The monoisotopic (exact) mass is 157 g/mol. The highest BCUT2D eigenvalue weighted by Gasteiger charge is 1.99. The van der Waals surface area contributed by atoms with Gasteiger partial charge in [0.2, 0.25) is 0 Å². The molecule has 1 nitrogen and oxygen atoms in total. The summed E-state index contributed by atoms with van der Waals surface area (Å²) in [5.74, 6) is 0. The van der Waals surface area contributed by atoms with Crippen molar-refractivity contribution in [3.8, 4) is 0 Å². The van der Waals surface area contributed by atoms with E-state index in [2.05, 4.69) is 23.2 Å². The van der Waals surface area contributed by atoms with Crippen LogP contribution in [0.15, 0.2) is 42.6 Å². The number of nitrogens with zero attached hydrogens (tertiary/aromatic N) is 1. The third-order valence-electron chi connectivity index (χ3n) is 1.96. The zero-order valence-corrected chi connectivity index (χ0v) is 6.90. The Balaban J connectivity index is 2.31. The lowest BCUT2D eigenvalue weighted by Crippen LogP contribution is -1.88. The molecule has 0 fully saturated rings. The van der Waals surface area contributed by atoms with Crippen LogP contribution < -0.4 is 0 Å². The summed E-state index contributed by atoms with van der Waals surface area (Å²) in [6.45, 7) is 0. The van der Waals surface area contributed by atoms with Crippen molar-refractivity contribution >= 4 is 5.57 Å². The molecule has 0 atom stereocenters. The first-order valence-electron chi connectivity index (χ1n) is 4.25. The average Bonchev–Trinajstić information content (AvgIpc) is 2.21. The molecule has 12 heavy (non-hydrogen) atoms. The molecular formula is C11H11N. The van der Waals surface area contributed by atoms with Gasteiger partial charge in [0.15, 0.2) is 0 Å². The van der Waals surface area contributed by atoms with Crippen LogP contribution in [0.4, 0.5) is 0 Å². The standard InChI is InChI=1S/C11H11N/c1-2-6-10(7-3-1)11-8-4-5-9-12-11/h2,4-9H,1,3H2. The maximum Gasteiger partial charge on any atom is 0.0698 e. The van der Waals surface area contributed by atoms with Gasteiger partial charge in [-0.2, -0.15) is 0 Å². The van der Waals surface area contributed by atoms with Gasteiger partial charge in [0, 0.05) is 6.20 Å². The molecule has 0 saturated carbocycles. The summed E-state index contributed by atoms with van der Waals surface area (Å²) in [5.41, 5.74) is 2.33. The normalized spacial score (nSPS) is 15.8. The molecule has 0 unspecified atom stereocenters. The number of pyridine rings is 1. The number of aromatic nitrogens is 1. The second-order valence-electron chi connectivity index (χ2n) is 2.85.